The zero-order valence-electron chi connectivity index (χ0n) is 9.62. The number of nitrogens with zero attached hydrogens (tertiary/aromatic N) is 1. The zero-order valence-corrected chi connectivity index (χ0v) is 10.4. The number of carbonyl (C=O) groups excluding carboxylic acids is 1. The molecule has 0 atom stereocenters. The van der Waals surface area contributed by atoms with Gasteiger partial charge >= 0.3 is 0 Å². The minimum atomic E-state index is -0.221. The second-order valence-corrected chi connectivity index (χ2v) is 5.32. The number of amides is 1. The molecule has 1 aromatic heterocycles. The third kappa shape index (κ3) is 2.50. The van der Waals surface area contributed by atoms with Crippen molar-refractivity contribution >= 4 is 28.2 Å². The van der Waals surface area contributed by atoms with Crippen LogP contribution in [0.15, 0.2) is 0 Å². The van der Waals surface area contributed by atoms with Crippen LogP contribution in [0, 0.1) is 5.41 Å². The molecule has 1 aliphatic rings. The number of hydrogen-bond donors (Lipinski definition) is 4. The molecule has 1 aromatic rings. The first-order valence-electron chi connectivity index (χ1n) is 5.43. The van der Waals surface area contributed by atoms with Gasteiger partial charge in [-0.1, -0.05) is 11.3 Å². The van der Waals surface area contributed by atoms with E-state index in [2.05, 4.69) is 15.6 Å². The number of rotatable bonds is 5. The summed E-state index contributed by atoms with van der Waals surface area (Å²) < 4.78 is 0. The number of anilines is 2. The average molecular weight is 256 g/mol. The first-order chi connectivity index (χ1) is 8.10. The summed E-state index contributed by atoms with van der Waals surface area (Å²) in [5, 5.41) is 15.4. The van der Waals surface area contributed by atoms with Crippen LogP contribution in [0.25, 0.3) is 0 Å². The Balaban J connectivity index is 1.97. The number of aliphatic hydroxyl groups excluding tert-OH is 1. The molecule has 5 N–H and O–H groups in total. The second-order valence-electron chi connectivity index (χ2n) is 4.32. The van der Waals surface area contributed by atoms with Gasteiger partial charge in [0, 0.05) is 19.0 Å². The number of carbonyl (C=O) groups is 1. The van der Waals surface area contributed by atoms with E-state index in [0.717, 1.165) is 12.8 Å². The standard InChI is InChI=1S/C10H16N4O2S/c1-12-9-14-7(11)6(17-9)8(16)13-4-10(5-15)2-3-10/h15H,2-5,11H2,1H3,(H,12,14)(H,13,16). The summed E-state index contributed by atoms with van der Waals surface area (Å²) in [6.45, 7) is 0.613. The molecule has 0 aromatic carbocycles. The molecule has 0 bridgehead atoms. The molecule has 17 heavy (non-hydrogen) atoms. The van der Waals surface area contributed by atoms with Crippen LogP contribution in [0.3, 0.4) is 0 Å². The number of nitrogen functional groups attached to an aromatic ring is 1. The maximum absolute atomic E-state index is 11.9. The van der Waals surface area contributed by atoms with Crippen LogP contribution in [-0.4, -0.2) is 36.2 Å². The zero-order chi connectivity index (χ0) is 12.5. The van der Waals surface area contributed by atoms with Gasteiger partial charge in [0.15, 0.2) is 5.13 Å². The van der Waals surface area contributed by atoms with Gasteiger partial charge in [0.1, 0.15) is 10.7 Å². The Hall–Kier alpha value is -1.34. The third-order valence-electron chi connectivity index (χ3n) is 2.99. The molecule has 1 saturated carbocycles. The lowest BCUT2D eigenvalue weighted by molar-refractivity contribution is 0.0940. The van der Waals surface area contributed by atoms with Crippen molar-refractivity contribution in [2.75, 3.05) is 31.2 Å². The van der Waals surface area contributed by atoms with Crippen molar-refractivity contribution in [2.45, 2.75) is 12.8 Å². The smallest absolute Gasteiger partial charge is 0.265 e. The number of thiazole rings is 1. The Morgan fingerprint density at radius 2 is 2.35 bits per heavy atom. The van der Waals surface area contributed by atoms with Gasteiger partial charge in [-0.25, -0.2) is 4.98 Å². The maximum Gasteiger partial charge on any atom is 0.265 e. The molecule has 0 saturated heterocycles. The van der Waals surface area contributed by atoms with E-state index in [1.807, 2.05) is 0 Å². The minimum Gasteiger partial charge on any atom is -0.396 e. The Morgan fingerprint density at radius 1 is 1.65 bits per heavy atom. The fraction of sp³-hybridized carbons (Fsp3) is 0.600. The number of nitrogens with two attached hydrogens (primary N) is 1. The van der Waals surface area contributed by atoms with Gasteiger partial charge in [-0.15, -0.1) is 0 Å². The summed E-state index contributed by atoms with van der Waals surface area (Å²) in [4.78, 5) is 16.3. The molecule has 0 unspecified atom stereocenters. The normalized spacial score (nSPS) is 16.6. The van der Waals surface area contributed by atoms with Crippen LogP contribution >= 0.6 is 11.3 Å². The van der Waals surface area contributed by atoms with Gasteiger partial charge in [0.25, 0.3) is 5.91 Å². The highest BCUT2D eigenvalue weighted by molar-refractivity contribution is 7.18. The molecule has 2 rings (SSSR count). The van der Waals surface area contributed by atoms with E-state index in [0.29, 0.717) is 16.6 Å². The molecule has 7 heteroatoms. The Morgan fingerprint density at radius 3 is 2.82 bits per heavy atom. The Bertz CT molecular complexity index is 428. The van der Waals surface area contributed by atoms with Gasteiger partial charge in [-0.3, -0.25) is 4.79 Å². The van der Waals surface area contributed by atoms with Gasteiger partial charge in [0.2, 0.25) is 0 Å². The third-order valence-corrected chi connectivity index (χ3v) is 4.08. The van der Waals surface area contributed by atoms with Gasteiger partial charge in [0.05, 0.1) is 6.61 Å². The second kappa shape index (κ2) is 4.50. The summed E-state index contributed by atoms with van der Waals surface area (Å²) >= 11 is 1.22. The number of nitrogens with one attached hydrogen (secondary N) is 2. The Kier molecular flexibility index (Phi) is 3.21. The predicted octanol–water partition coefficient (Wildman–Crippen LogP) is 0.269. The fourth-order valence-electron chi connectivity index (χ4n) is 1.52. The number of hydrogen-bond acceptors (Lipinski definition) is 6. The highest BCUT2D eigenvalue weighted by Crippen LogP contribution is 2.44. The number of aliphatic hydroxyl groups is 1. The molecular weight excluding hydrogens is 240 g/mol. The lowest BCUT2D eigenvalue weighted by Gasteiger charge is -2.11. The molecule has 0 radical (unpaired) electrons. The quantitative estimate of drug-likeness (QED) is 0.606. The molecule has 1 aliphatic carbocycles. The van der Waals surface area contributed by atoms with E-state index in [4.69, 9.17) is 10.8 Å². The van der Waals surface area contributed by atoms with Crippen LogP contribution in [0.2, 0.25) is 0 Å². The van der Waals surface area contributed by atoms with E-state index < -0.39 is 0 Å². The van der Waals surface area contributed by atoms with E-state index in [-0.39, 0.29) is 23.7 Å². The summed E-state index contributed by atoms with van der Waals surface area (Å²) in [7, 11) is 1.73. The molecule has 0 aliphatic heterocycles. The minimum absolute atomic E-state index is 0.0963. The van der Waals surface area contributed by atoms with Crippen molar-refractivity contribution < 1.29 is 9.90 Å². The van der Waals surface area contributed by atoms with Crippen LogP contribution in [0.5, 0.6) is 0 Å². The van der Waals surface area contributed by atoms with Gasteiger partial charge in [-0.2, -0.15) is 0 Å². The molecule has 6 nitrogen and oxygen atoms in total. The maximum atomic E-state index is 11.9. The Labute approximate surface area is 103 Å². The van der Waals surface area contributed by atoms with Crippen LogP contribution < -0.4 is 16.4 Å². The van der Waals surface area contributed by atoms with Crippen LogP contribution in [0.1, 0.15) is 22.5 Å². The largest absolute Gasteiger partial charge is 0.396 e. The first-order valence-corrected chi connectivity index (χ1v) is 6.25. The highest BCUT2D eigenvalue weighted by atomic mass is 32.1. The summed E-state index contributed by atoms with van der Waals surface area (Å²) in [6.07, 6.45) is 1.92. The summed E-state index contributed by atoms with van der Waals surface area (Å²) in [6, 6.07) is 0. The van der Waals surface area contributed by atoms with E-state index in [9.17, 15) is 4.79 Å². The van der Waals surface area contributed by atoms with E-state index in [1.165, 1.54) is 11.3 Å². The van der Waals surface area contributed by atoms with E-state index in [1.54, 1.807) is 7.05 Å². The van der Waals surface area contributed by atoms with Crippen molar-refractivity contribution in [1.29, 1.82) is 0 Å². The van der Waals surface area contributed by atoms with Crippen LogP contribution in [-0.2, 0) is 0 Å². The molecule has 1 heterocycles. The van der Waals surface area contributed by atoms with Crippen molar-refractivity contribution in [3.05, 3.63) is 4.88 Å². The predicted molar refractivity (Wildman–Crippen MR) is 67.2 cm³/mol. The van der Waals surface area contributed by atoms with Crippen LogP contribution in [0.4, 0.5) is 10.9 Å². The molecule has 1 fully saturated rings. The van der Waals surface area contributed by atoms with Gasteiger partial charge in [-0.05, 0) is 12.8 Å². The van der Waals surface area contributed by atoms with E-state index >= 15 is 0 Å². The van der Waals surface area contributed by atoms with Crippen molar-refractivity contribution in [3.63, 3.8) is 0 Å². The molecular formula is C10H16N4O2S. The van der Waals surface area contributed by atoms with Gasteiger partial charge < -0.3 is 21.5 Å². The number of aromatic nitrogens is 1. The topological polar surface area (TPSA) is 100 Å². The highest BCUT2D eigenvalue weighted by Gasteiger charge is 2.42. The fourth-order valence-corrected chi connectivity index (χ4v) is 2.27. The summed E-state index contributed by atoms with van der Waals surface area (Å²) in [5.41, 5.74) is 5.56. The SMILES string of the molecule is CNc1nc(N)c(C(=O)NCC2(CO)CC2)s1. The van der Waals surface area contributed by atoms with Crippen molar-refractivity contribution in [3.8, 4) is 0 Å². The first kappa shape index (κ1) is 12.1. The molecule has 94 valence electrons. The lowest BCUT2D eigenvalue weighted by atomic mass is 10.1. The molecule has 0 spiro atoms. The molecule has 1 amide bonds. The average Bonchev–Trinajstić information content (AvgIpc) is 3.03. The van der Waals surface area contributed by atoms with Crippen molar-refractivity contribution in [2.24, 2.45) is 5.41 Å². The monoisotopic (exact) mass is 256 g/mol. The van der Waals surface area contributed by atoms with Crippen molar-refractivity contribution in [1.82, 2.24) is 10.3 Å². The summed E-state index contributed by atoms with van der Waals surface area (Å²) in [5.74, 6) is 0.0203. The lowest BCUT2D eigenvalue weighted by Crippen LogP contribution is -2.31.